The molecule has 6 heteroatoms. The number of carbonyl (C=O) groups is 1. The van der Waals surface area contributed by atoms with E-state index in [0.717, 1.165) is 25.7 Å². The number of hydrogen-bond acceptors (Lipinski definition) is 3. The zero-order valence-corrected chi connectivity index (χ0v) is 14.4. The van der Waals surface area contributed by atoms with Gasteiger partial charge in [0.1, 0.15) is 6.10 Å². The van der Waals surface area contributed by atoms with Gasteiger partial charge < -0.3 is 9.64 Å². The van der Waals surface area contributed by atoms with Gasteiger partial charge in [-0.3, -0.25) is 4.79 Å². The number of piperidine rings is 1. The maximum atomic E-state index is 12.9. The average Bonchev–Trinajstić information content (AvgIpc) is 2.73. The van der Waals surface area contributed by atoms with Crippen molar-refractivity contribution in [2.24, 2.45) is 0 Å². The van der Waals surface area contributed by atoms with Gasteiger partial charge in [0.25, 0.3) is 0 Å². The van der Waals surface area contributed by atoms with Gasteiger partial charge in [-0.2, -0.15) is 0 Å². The molecule has 2 aliphatic rings. The summed E-state index contributed by atoms with van der Waals surface area (Å²) in [6.07, 6.45) is 0.513. The molecule has 132 valence electrons. The van der Waals surface area contributed by atoms with Crippen LogP contribution in [0.5, 0.6) is 0 Å². The van der Waals surface area contributed by atoms with Crippen LogP contribution < -0.4 is 0 Å². The maximum absolute atomic E-state index is 12.9. The summed E-state index contributed by atoms with van der Waals surface area (Å²) in [5, 5.41) is 0.428. The van der Waals surface area contributed by atoms with Crippen LogP contribution in [0.2, 0.25) is 5.02 Å². The lowest BCUT2D eigenvalue weighted by atomic mass is 9.95. The highest BCUT2D eigenvalue weighted by Gasteiger charge is 2.40. The highest BCUT2D eigenvalue weighted by atomic mass is 35.5. The summed E-state index contributed by atoms with van der Waals surface area (Å²) in [6, 6.07) is 7.40. The third kappa shape index (κ3) is 3.89. The number of ether oxygens (including phenoxy) is 1. The molecule has 3 atom stereocenters. The third-order valence-corrected chi connectivity index (χ3v) is 5.52. The van der Waals surface area contributed by atoms with E-state index in [2.05, 4.69) is 11.9 Å². The SMILES string of the molecule is CN1C2CCC1CC(OC(=O)C(CC(F)F)c1cccc(Cl)c1)C2. The second-order valence-corrected chi connectivity index (χ2v) is 7.25. The van der Waals surface area contributed by atoms with E-state index in [1.807, 2.05) is 0 Å². The van der Waals surface area contributed by atoms with Crippen LogP contribution in [0.15, 0.2) is 24.3 Å². The second-order valence-electron chi connectivity index (χ2n) is 6.82. The van der Waals surface area contributed by atoms with Crippen molar-refractivity contribution in [1.82, 2.24) is 4.90 Å². The van der Waals surface area contributed by atoms with Crippen molar-refractivity contribution in [1.29, 1.82) is 0 Å². The van der Waals surface area contributed by atoms with E-state index in [1.54, 1.807) is 24.3 Å². The van der Waals surface area contributed by atoms with Gasteiger partial charge >= 0.3 is 5.97 Å². The van der Waals surface area contributed by atoms with Crippen molar-refractivity contribution in [3.8, 4) is 0 Å². The predicted octanol–water partition coefficient (Wildman–Crippen LogP) is 4.25. The van der Waals surface area contributed by atoms with Crippen LogP contribution in [-0.4, -0.2) is 42.5 Å². The van der Waals surface area contributed by atoms with E-state index in [0.29, 0.717) is 22.7 Å². The number of carbonyl (C=O) groups excluding carboxylic acids is 1. The van der Waals surface area contributed by atoms with Gasteiger partial charge in [-0.15, -0.1) is 0 Å². The van der Waals surface area contributed by atoms with E-state index in [9.17, 15) is 13.6 Å². The average molecular weight is 358 g/mol. The number of hydrogen-bond donors (Lipinski definition) is 0. The molecule has 0 saturated carbocycles. The van der Waals surface area contributed by atoms with Crippen LogP contribution in [0.1, 0.15) is 43.6 Å². The topological polar surface area (TPSA) is 29.5 Å². The van der Waals surface area contributed by atoms with E-state index in [1.165, 1.54) is 0 Å². The molecule has 1 aromatic rings. The molecule has 0 spiro atoms. The molecule has 24 heavy (non-hydrogen) atoms. The van der Waals surface area contributed by atoms with Gasteiger partial charge in [-0.05, 0) is 50.4 Å². The molecule has 1 aromatic carbocycles. The lowest BCUT2D eigenvalue weighted by molar-refractivity contribution is -0.155. The minimum absolute atomic E-state index is 0.175. The predicted molar refractivity (Wildman–Crippen MR) is 88.5 cm³/mol. The Kier molecular flexibility index (Phi) is 5.40. The number of alkyl halides is 2. The maximum Gasteiger partial charge on any atom is 0.313 e. The Hall–Kier alpha value is -1.20. The fourth-order valence-corrected chi connectivity index (χ4v) is 4.17. The van der Waals surface area contributed by atoms with Crippen molar-refractivity contribution >= 4 is 17.6 Å². The molecule has 2 saturated heterocycles. The first-order valence-electron chi connectivity index (χ1n) is 8.40. The molecule has 2 heterocycles. The molecule has 3 rings (SSSR count). The number of benzene rings is 1. The van der Waals surface area contributed by atoms with E-state index in [4.69, 9.17) is 16.3 Å². The van der Waals surface area contributed by atoms with Crippen LogP contribution in [-0.2, 0) is 9.53 Å². The Morgan fingerprint density at radius 3 is 2.58 bits per heavy atom. The van der Waals surface area contributed by atoms with E-state index < -0.39 is 24.7 Å². The lowest BCUT2D eigenvalue weighted by Crippen LogP contribution is -2.43. The van der Waals surface area contributed by atoms with Crippen molar-refractivity contribution in [3.63, 3.8) is 0 Å². The second kappa shape index (κ2) is 7.36. The molecular weight excluding hydrogens is 336 g/mol. The fourth-order valence-electron chi connectivity index (χ4n) is 3.97. The Bertz CT molecular complexity index is 584. The Balaban J connectivity index is 1.70. The Morgan fingerprint density at radius 1 is 1.33 bits per heavy atom. The summed E-state index contributed by atoms with van der Waals surface area (Å²) in [5.41, 5.74) is 0.490. The molecule has 2 bridgehead atoms. The Labute approximate surface area is 145 Å². The summed E-state index contributed by atoms with van der Waals surface area (Å²) in [6.45, 7) is 0. The summed E-state index contributed by atoms with van der Waals surface area (Å²) < 4.78 is 31.5. The van der Waals surface area contributed by atoms with Gasteiger partial charge in [0.15, 0.2) is 0 Å². The molecule has 0 aromatic heterocycles. The quantitative estimate of drug-likeness (QED) is 0.738. The first-order chi connectivity index (χ1) is 11.4. The highest BCUT2D eigenvalue weighted by molar-refractivity contribution is 6.30. The largest absolute Gasteiger partial charge is 0.462 e. The molecule has 0 aliphatic carbocycles. The summed E-state index contributed by atoms with van der Waals surface area (Å²) in [7, 11) is 2.10. The lowest BCUT2D eigenvalue weighted by Gasteiger charge is -2.36. The minimum atomic E-state index is -2.57. The standard InChI is InChI=1S/C18H22ClF2NO2/c1-22-13-5-6-14(22)9-15(8-13)24-18(23)16(10-17(20)21)11-3-2-4-12(19)7-11/h2-4,7,13-17H,5-6,8-10H2,1H3. The van der Waals surface area contributed by atoms with E-state index >= 15 is 0 Å². The Morgan fingerprint density at radius 2 is 2.00 bits per heavy atom. The van der Waals surface area contributed by atoms with Crippen LogP contribution >= 0.6 is 11.6 Å². The third-order valence-electron chi connectivity index (χ3n) is 5.29. The minimum Gasteiger partial charge on any atom is -0.462 e. The fraction of sp³-hybridized carbons (Fsp3) is 0.611. The molecule has 2 fully saturated rings. The zero-order chi connectivity index (χ0) is 17.3. The molecular formula is C18H22ClF2NO2. The highest BCUT2D eigenvalue weighted by Crippen LogP contribution is 2.36. The van der Waals surface area contributed by atoms with Crippen LogP contribution in [0, 0.1) is 0 Å². The normalized spacial score (nSPS) is 28.1. The number of rotatable bonds is 5. The number of esters is 1. The number of halogens is 3. The molecule has 3 unspecified atom stereocenters. The van der Waals surface area contributed by atoms with Crippen molar-refractivity contribution in [2.75, 3.05) is 7.05 Å². The number of nitrogens with zero attached hydrogens (tertiary/aromatic N) is 1. The smallest absolute Gasteiger partial charge is 0.313 e. The van der Waals surface area contributed by atoms with Crippen molar-refractivity contribution < 1.29 is 18.3 Å². The summed E-state index contributed by atoms with van der Waals surface area (Å²) >= 11 is 5.94. The molecule has 3 nitrogen and oxygen atoms in total. The monoisotopic (exact) mass is 357 g/mol. The van der Waals surface area contributed by atoms with Crippen LogP contribution in [0.4, 0.5) is 8.78 Å². The molecule has 0 N–H and O–H groups in total. The van der Waals surface area contributed by atoms with Crippen LogP contribution in [0.3, 0.4) is 0 Å². The molecule has 2 aliphatic heterocycles. The van der Waals surface area contributed by atoms with Gasteiger partial charge in [0.05, 0.1) is 5.92 Å². The van der Waals surface area contributed by atoms with Crippen molar-refractivity contribution in [2.45, 2.75) is 62.6 Å². The van der Waals surface area contributed by atoms with E-state index in [-0.39, 0.29) is 6.10 Å². The van der Waals surface area contributed by atoms with Gasteiger partial charge in [-0.1, -0.05) is 23.7 Å². The zero-order valence-electron chi connectivity index (χ0n) is 13.6. The summed E-state index contributed by atoms with van der Waals surface area (Å²) in [4.78, 5) is 14.9. The molecule has 0 amide bonds. The van der Waals surface area contributed by atoms with Gasteiger partial charge in [0, 0.05) is 23.5 Å². The van der Waals surface area contributed by atoms with Gasteiger partial charge in [0.2, 0.25) is 6.43 Å². The van der Waals surface area contributed by atoms with Crippen LogP contribution in [0.25, 0.3) is 0 Å². The summed E-state index contributed by atoms with van der Waals surface area (Å²) in [5.74, 6) is -1.53. The number of fused-ring (bicyclic) bond motifs is 2. The van der Waals surface area contributed by atoms with Gasteiger partial charge in [-0.25, -0.2) is 8.78 Å². The first-order valence-corrected chi connectivity index (χ1v) is 8.78. The van der Waals surface area contributed by atoms with Crippen molar-refractivity contribution in [3.05, 3.63) is 34.9 Å². The first kappa shape index (κ1) is 17.6. The molecule has 0 radical (unpaired) electrons.